The molecule has 0 aliphatic rings. The lowest BCUT2D eigenvalue weighted by atomic mass is 10.0. The summed E-state index contributed by atoms with van der Waals surface area (Å²) in [5.74, 6) is 1.04. The predicted octanol–water partition coefficient (Wildman–Crippen LogP) is 6.00. The van der Waals surface area contributed by atoms with Crippen molar-refractivity contribution in [2.45, 2.75) is 40.0 Å². The lowest BCUT2D eigenvalue weighted by Gasteiger charge is -2.09. The standard InChI is InChI=1S/C23H25N5OS2/c1-13(2)17-11-30-23(27-17)28-18(29)9-10-24-21-20-19(16-7-5-14(3)6-8-16)15(4)31-22(20)26-12-25-21/h5-8,11-13H,9-10H2,1-4H3,(H,24,25,26)(H,27,28,29). The highest BCUT2D eigenvalue weighted by atomic mass is 32.1. The Balaban J connectivity index is 1.48. The summed E-state index contributed by atoms with van der Waals surface area (Å²) in [4.78, 5) is 27.9. The Morgan fingerprint density at radius 2 is 1.90 bits per heavy atom. The van der Waals surface area contributed by atoms with E-state index in [1.165, 1.54) is 21.8 Å². The second kappa shape index (κ2) is 9.11. The number of nitrogens with one attached hydrogen (secondary N) is 2. The van der Waals surface area contributed by atoms with Crippen LogP contribution >= 0.6 is 22.7 Å². The first-order chi connectivity index (χ1) is 14.9. The van der Waals surface area contributed by atoms with Gasteiger partial charge in [0, 0.05) is 28.8 Å². The van der Waals surface area contributed by atoms with Crippen LogP contribution in [0.2, 0.25) is 0 Å². The van der Waals surface area contributed by atoms with Gasteiger partial charge in [-0.2, -0.15) is 0 Å². The maximum atomic E-state index is 12.4. The number of aromatic nitrogens is 3. The summed E-state index contributed by atoms with van der Waals surface area (Å²) in [6.45, 7) is 8.84. The minimum Gasteiger partial charge on any atom is -0.369 e. The molecular formula is C23H25N5OS2. The van der Waals surface area contributed by atoms with E-state index in [2.05, 4.69) is 77.5 Å². The molecule has 4 rings (SSSR count). The molecular weight excluding hydrogens is 426 g/mol. The molecule has 0 saturated carbocycles. The van der Waals surface area contributed by atoms with E-state index in [1.54, 1.807) is 17.7 Å². The molecule has 0 atom stereocenters. The van der Waals surface area contributed by atoms with E-state index in [4.69, 9.17) is 0 Å². The van der Waals surface area contributed by atoms with E-state index >= 15 is 0 Å². The zero-order chi connectivity index (χ0) is 22.0. The van der Waals surface area contributed by atoms with Crippen LogP contribution in [0.3, 0.4) is 0 Å². The van der Waals surface area contributed by atoms with Crippen molar-refractivity contribution in [2.75, 3.05) is 17.2 Å². The number of thiazole rings is 1. The Labute approximate surface area is 189 Å². The van der Waals surface area contributed by atoms with Crippen LogP contribution in [0.1, 0.15) is 42.3 Å². The molecule has 2 N–H and O–H groups in total. The summed E-state index contributed by atoms with van der Waals surface area (Å²) in [5, 5.41) is 9.87. The van der Waals surface area contributed by atoms with Gasteiger partial charge in [-0.1, -0.05) is 43.7 Å². The number of carbonyl (C=O) groups excluding carboxylic acids is 1. The van der Waals surface area contributed by atoms with Crippen LogP contribution in [0.15, 0.2) is 36.0 Å². The molecule has 0 unspecified atom stereocenters. The first kappa shape index (κ1) is 21.4. The van der Waals surface area contributed by atoms with E-state index in [0.29, 0.717) is 24.0 Å². The normalized spacial score (nSPS) is 11.3. The van der Waals surface area contributed by atoms with Gasteiger partial charge >= 0.3 is 0 Å². The third kappa shape index (κ3) is 4.75. The largest absolute Gasteiger partial charge is 0.369 e. The van der Waals surface area contributed by atoms with E-state index in [0.717, 1.165) is 32.9 Å². The summed E-state index contributed by atoms with van der Waals surface area (Å²) in [7, 11) is 0. The van der Waals surface area contributed by atoms with Gasteiger partial charge in [-0.3, -0.25) is 4.79 Å². The Morgan fingerprint density at radius 3 is 2.61 bits per heavy atom. The fourth-order valence-corrected chi connectivity index (χ4v) is 5.23. The van der Waals surface area contributed by atoms with Gasteiger partial charge in [0.1, 0.15) is 17.0 Å². The monoisotopic (exact) mass is 451 g/mol. The maximum Gasteiger partial charge on any atom is 0.227 e. The molecule has 6 nitrogen and oxygen atoms in total. The number of carbonyl (C=O) groups is 1. The fourth-order valence-electron chi connectivity index (χ4n) is 3.33. The highest BCUT2D eigenvalue weighted by molar-refractivity contribution is 7.19. The molecule has 0 aliphatic heterocycles. The first-order valence-electron chi connectivity index (χ1n) is 10.2. The van der Waals surface area contributed by atoms with Crippen molar-refractivity contribution in [2.24, 2.45) is 0 Å². The maximum absolute atomic E-state index is 12.4. The van der Waals surface area contributed by atoms with Gasteiger partial charge in [-0.25, -0.2) is 15.0 Å². The van der Waals surface area contributed by atoms with Crippen LogP contribution in [-0.2, 0) is 4.79 Å². The van der Waals surface area contributed by atoms with E-state index in [9.17, 15) is 4.79 Å². The number of nitrogens with zero attached hydrogens (tertiary/aromatic N) is 3. The molecule has 1 amide bonds. The highest BCUT2D eigenvalue weighted by Gasteiger charge is 2.17. The SMILES string of the molecule is Cc1ccc(-c2c(C)sc3ncnc(NCCC(=O)Nc4nc(C(C)C)cs4)c23)cc1. The lowest BCUT2D eigenvalue weighted by molar-refractivity contribution is -0.115. The molecule has 0 saturated heterocycles. The van der Waals surface area contributed by atoms with Gasteiger partial charge in [0.15, 0.2) is 5.13 Å². The van der Waals surface area contributed by atoms with Gasteiger partial charge in [0.2, 0.25) is 5.91 Å². The number of aryl methyl sites for hydroxylation is 2. The van der Waals surface area contributed by atoms with Gasteiger partial charge < -0.3 is 10.6 Å². The zero-order valence-electron chi connectivity index (χ0n) is 18.0. The quantitative estimate of drug-likeness (QED) is 0.360. The lowest BCUT2D eigenvalue weighted by Crippen LogP contribution is -2.16. The molecule has 0 aliphatic carbocycles. The Hall–Kier alpha value is -2.84. The van der Waals surface area contributed by atoms with Crippen molar-refractivity contribution in [1.29, 1.82) is 0 Å². The molecule has 0 fully saturated rings. The zero-order valence-corrected chi connectivity index (χ0v) is 19.7. The first-order valence-corrected chi connectivity index (χ1v) is 11.9. The van der Waals surface area contributed by atoms with Crippen molar-refractivity contribution in [1.82, 2.24) is 15.0 Å². The molecule has 8 heteroatoms. The molecule has 31 heavy (non-hydrogen) atoms. The van der Waals surface area contributed by atoms with E-state index in [1.807, 2.05) is 5.38 Å². The van der Waals surface area contributed by atoms with Gasteiger partial charge in [-0.15, -0.1) is 22.7 Å². The molecule has 4 aromatic rings. The van der Waals surface area contributed by atoms with Crippen LogP contribution in [0.25, 0.3) is 21.3 Å². The third-order valence-corrected chi connectivity index (χ3v) is 6.80. The second-order valence-electron chi connectivity index (χ2n) is 7.76. The number of fused-ring (bicyclic) bond motifs is 1. The highest BCUT2D eigenvalue weighted by Crippen LogP contribution is 2.40. The minimum absolute atomic E-state index is 0.0669. The average Bonchev–Trinajstić information content (AvgIpc) is 3.33. The number of hydrogen-bond acceptors (Lipinski definition) is 7. The minimum atomic E-state index is -0.0669. The number of rotatable bonds is 7. The Morgan fingerprint density at radius 1 is 1.13 bits per heavy atom. The van der Waals surface area contributed by atoms with Gasteiger partial charge in [0.25, 0.3) is 0 Å². The molecule has 160 valence electrons. The third-order valence-electron chi connectivity index (χ3n) is 5.01. The number of amides is 1. The van der Waals surface area contributed by atoms with Crippen LogP contribution < -0.4 is 10.6 Å². The van der Waals surface area contributed by atoms with Gasteiger partial charge in [0.05, 0.1) is 11.1 Å². The second-order valence-corrected chi connectivity index (χ2v) is 9.82. The van der Waals surface area contributed by atoms with Crippen molar-refractivity contribution in [3.8, 4) is 11.1 Å². The summed E-state index contributed by atoms with van der Waals surface area (Å²) in [6.07, 6.45) is 1.90. The van der Waals surface area contributed by atoms with Gasteiger partial charge in [-0.05, 0) is 25.3 Å². The molecule has 1 aromatic carbocycles. The van der Waals surface area contributed by atoms with Crippen LogP contribution in [0.5, 0.6) is 0 Å². The van der Waals surface area contributed by atoms with E-state index in [-0.39, 0.29) is 5.91 Å². The van der Waals surface area contributed by atoms with Crippen molar-refractivity contribution < 1.29 is 4.79 Å². The van der Waals surface area contributed by atoms with E-state index < -0.39 is 0 Å². The summed E-state index contributed by atoms with van der Waals surface area (Å²) in [6, 6.07) is 8.49. The van der Waals surface area contributed by atoms with Crippen molar-refractivity contribution in [3.63, 3.8) is 0 Å². The topological polar surface area (TPSA) is 79.8 Å². The number of anilines is 2. The smallest absolute Gasteiger partial charge is 0.227 e. The van der Waals surface area contributed by atoms with Crippen molar-refractivity contribution >= 4 is 49.7 Å². The summed E-state index contributed by atoms with van der Waals surface area (Å²) < 4.78 is 0. The van der Waals surface area contributed by atoms with Crippen LogP contribution in [0, 0.1) is 13.8 Å². The summed E-state index contributed by atoms with van der Waals surface area (Å²) >= 11 is 3.12. The Kier molecular flexibility index (Phi) is 6.29. The number of thiophene rings is 1. The summed E-state index contributed by atoms with van der Waals surface area (Å²) in [5.41, 5.74) is 4.52. The number of hydrogen-bond donors (Lipinski definition) is 2. The fraction of sp³-hybridized carbons (Fsp3) is 0.304. The molecule has 0 radical (unpaired) electrons. The van der Waals surface area contributed by atoms with Crippen LogP contribution in [0.4, 0.5) is 10.9 Å². The molecule has 3 aromatic heterocycles. The molecule has 0 spiro atoms. The Bertz CT molecular complexity index is 1210. The van der Waals surface area contributed by atoms with Crippen molar-refractivity contribution in [3.05, 3.63) is 52.1 Å². The predicted molar refractivity (Wildman–Crippen MR) is 130 cm³/mol. The molecule has 3 heterocycles. The molecule has 0 bridgehead atoms. The number of benzene rings is 1. The van der Waals surface area contributed by atoms with Crippen LogP contribution in [-0.4, -0.2) is 27.4 Å². The average molecular weight is 452 g/mol.